The molecule has 1 aliphatic heterocycles. The van der Waals surface area contributed by atoms with Gasteiger partial charge in [0.05, 0.1) is 19.3 Å². The summed E-state index contributed by atoms with van der Waals surface area (Å²) in [5.74, 6) is 0.0385. The third-order valence-corrected chi connectivity index (χ3v) is 8.59. The van der Waals surface area contributed by atoms with Crippen molar-refractivity contribution in [3.63, 3.8) is 0 Å². The van der Waals surface area contributed by atoms with Gasteiger partial charge >= 0.3 is 0 Å². The summed E-state index contributed by atoms with van der Waals surface area (Å²) >= 11 is 0. The molecule has 1 aromatic rings. The zero-order chi connectivity index (χ0) is 22.9. The number of rotatable bonds is 4. The first-order valence-electron chi connectivity index (χ1n) is 12.2. The van der Waals surface area contributed by atoms with E-state index in [0.717, 1.165) is 25.7 Å². The van der Waals surface area contributed by atoms with Gasteiger partial charge in [0.15, 0.2) is 0 Å². The van der Waals surface area contributed by atoms with Crippen molar-refractivity contribution >= 4 is 11.8 Å². The first-order valence-corrected chi connectivity index (χ1v) is 12.2. The SMILES string of the molecule is C[C@H]1[C@@H]2[C@@H](O)[C@@H]([C@H](C)C(=O)N3CCOCC3)CC[C@@]2(C)CC[C@@H]1NC(=O)c1ccccc1. The summed E-state index contributed by atoms with van der Waals surface area (Å²) in [4.78, 5) is 27.8. The monoisotopic (exact) mass is 442 g/mol. The van der Waals surface area contributed by atoms with Crippen molar-refractivity contribution < 1.29 is 19.4 Å². The number of hydrogen-bond donors (Lipinski definition) is 2. The van der Waals surface area contributed by atoms with Gasteiger partial charge in [0.1, 0.15) is 0 Å². The Balaban J connectivity index is 1.47. The number of fused-ring (bicyclic) bond motifs is 1. The second-order valence-corrected chi connectivity index (χ2v) is 10.4. The number of nitrogens with zero attached hydrogens (tertiary/aromatic N) is 1. The molecule has 1 aromatic carbocycles. The van der Waals surface area contributed by atoms with E-state index in [1.54, 1.807) is 0 Å². The average Bonchev–Trinajstić information content (AvgIpc) is 2.81. The topological polar surface area (TPSA) is 78.9 Å². The molecule has 4 rings (SSSR count). The van der Waals surface area contributed by atoms with E-state index in [9.17, 15) is 14.7 Å². The van der Waals surface area contributed by atoms with Crippen LogP contribution in [0.2, 0.25) is 0 Å². The molecule has 2 aliphatic carbocycles. The number of hydrogen-bond acceptors (Lipinski definition) is 4. The van der Waals surface area contributed by atoms with Gasteiger partial charge in [0.25, 0.3) is 5.91 Å². The van der Waals surface area contributed by atoms with Gasteiger partial charge in [-0.1, -0.05) is 39.0 Å². The Morgan fingerprint density at radius 3 is 2.50 bits per heavy atom. The van der Waals surface area contributed by atoms with Gasteiger partial charge in [-0.05, 0) is 61.0 Å². The highest BCUT2D eigenvalue weighted by atomic mass is 16.5. The molecule has 7 atom stereocenters. The van der Waals surface area contributed by atoms with Gasteiger partial charge in [-0.25, -0.2) is 0 Å². The van der Waals surface area contributed by atoms with E-state index in [1.807, 2.05) is 42.2 Å². The van der Waals surface area contributed by atoms with E-state index in [-0.39, 0.29) is 46.9 Å². The van der Waals surface area contributed by atoms with Crippen LogP contribution >= 0.6 is 0 Å². The summed E-state index contributed by atoms with van der Waals surface area (Å²) < 4.78 is 5.39. The van der Waals surface area contributed by atoms with Crippen molar-refractivity contribution in [2.24, 2.45) is 29.1 Å². The summed E-state index contributed by atoms with van der Waals surface area (Å²) in [6.07, 6.45) is 3.26. The summed E-state index contributed by atoms with van der Waals surface area (Å²) in [6.45, 7) is 8.89. The van der Waals surface area contributed by atoms with Crippen molar-refractivity contribution in [1.82, 2.24) is 10.2 Å². The number of benzene rings is 1. The van der Waals surface area contributed by atoms with Crippen LogP contribution < -0.4 is 5.32 Å². The molecule has 0 aromatic heterocycles. The maximum atomic E-state index is 13.1. The highest BCUT2D eigenvalue weighted by molar-refractivity contribution is 5.94. The molecule has 1 saturated heterocycles. The van der Waals surface area contributed by atoms with Crippen LogP contribution in [0.3, 0.4) is 0 Å². The number of morpholine rings is 1. The van der Waals surface area contributed by atoms with Crippen LogP contribution in [0.4, 0.5) is 0 Å². The van der Waals surface area contributed by atoms with Crippen LogP contribution in [0.15, 0.2) is 30.3 Å². The molecule has 6 heteroatoms. The van der Waals surface area contributed by atoms with Crippen molar-refractivity contribution in [3.05, 3.63) is 35.9 Å². The van der Waals surface area contributed by atoms with Crippen LogP contribution in [0, 0.1) is 29.1 Å². The molecule has 3 aliphatic rings. The van der Waals surface area contributed by atoms with E-state index in [1.165, 1.54) is 0 Å². The zero-order valence-electron chi connectivity index (χ0n) is 19.6. The van der Waals surface area contributed by atoms with Gasteiger partial charge < -0.3 is 20.1 Å². The Bertz CT molecular complexity index is 809. The zero-order valence-corrected chi connectivity index (χ0v) is 19.6. The van der Waals surface area contributed by atoms with E-state index >= 15 is 0 Å². The van der Waals surface area contributed by atoms with Crippen molar-refractivity contribution in [2.75, 3.05) is 26.3 Å². The van der Waals surface area contributed by atoms with Gasteiger partial charge in [-0.2, -0.15) is 0 Å². The Kier molecular flexibility index (Phi) is 6.91. The molecule has 1 heterocycles. The lowest BCUT2D eigenvalue weighted by atomic mass is 9.51. The van der Waals surface area contributed by atoms with Crippen LogP contribution in [0.1, 0.15) is 56.8 Å². The molecule has 0 radical (unpaired) electrons. The van der Waals surface area contributed by atoms with E-state index in [4.69, 9.17) is 4.74 Å². The summed E-state index contributed by atoms with van der Waals surface area (Å²) in [6, 6.07) is 9.34. The molecule has 32 heavy (non-hydrogen) atoms. The van der Waals surface area contributed by atoms with Gasteiger partial charge in [-0.15, -0.1) is 0 Å². The number of amides is 2. The smallest absolute Gasteiger partial charge is 0.251 e. The second-order valence-electron chi connectivity index (χ2n) is 10.4. The Hall–Kier alpha value is -1.92. The molecule has 6 nitrogen and oxygen atoms in total. The second kappa shape index (κ2) is 9.52. The van der Waals surface area contributed by atoms with Crippen LogP contribution in [-0.4, -0.2) is 60.3 Å². The van der Waals surface area contributed by atoms with Crippen molar-refractivity contribution in [1.29, 1.82) is 0 Å². The minimum Gasteiger partial charge on any atom is -0.392 e. The first-order chi connectivity index (χ1) is 15.3. The third kappa shape index (κ3) is 4.44. The highest BCUT2D eigenvalue weighted by Crippen LogP contribution is 2.55. The number of nitrogens with one attached hydrogen (secondary N) is 1. The number of carbonyl (C=O) groups excluding carboxylic acids is 2. The fourth-order valence-corrected chi connectivity index (χ4v) is 6.59. The first kappa shape index (κ1) is 23.2. The van der Waals surface area contributed by atoms with Gasteiger partial charge in [0, 0.05) is 30.6 Å². The van der Waals surface area contributed by atoms with E-state index < -0.39 is 6.10 Å². The Labute approximate surface area is 191 Å². The fourth-order valence-electron chi connectivity index (χ4n) is 6.59. The van der Waals surface area contributed by atoms with E-state index in [2.05, 4.69) is 19.2 Å². The maximum Gasteiger partial charge on any atom is 0.251 e. The predicted molar refractivity (Wildman–Crippen MR) is 123 cm³/mol. The molecule has 3 fully saturated rings. The summed E-state index contributed by atoms with van der Waals surface area (Å²) in [7, 11) is 0. The molecule has 2 N–H and O–H groups in total. The molecular weight excluding hydrogens is 404 g/mol. The van der Waals surface area contributed by atoms with Crippen molar-refractivity contribution in [3.8, 4) is 0 Å². The molecule has 176 valence electrons. The Morgan fingerprint density at radius 2 is 1.81 bits per heavy atom. The quantitative estimate of drug-likeness (QED) is 0.751. The largest absolute Gasteiger partial charge is 0.392 e. The lowest BCUT2D eigenvalue weighted by Crippen LogP contribution is -2.59. The number of aliphatic hydroxyl groups is 1. The van der Waals surface area contributed by atoms with Crippen LogP contribution in [-0.2, 0) is 9.53 Å². The molecule has 2 amide bonds. The molecule has 0 bridgehead atoms. The van der Waals surface area contributed by atoms with Gasteiger partial charge in [0.2, 0.25) is 5.91 Å². The predicted octanol–water partition coefficient (Wildman–Crippen LogP) is 3.10. The van der Waals surface area contributed by atoms with Crippen LogP contribution in [0.5, 0.6) is 0 Å². The minimum absolute atomic E-state index is 0.0273. The summed E-state index contributed by atoms with van der Waals surface area (Å²) in [5, 5.41) is 14.8. The lowest BCUT2D eigenvalue weighted by molar-refractivity contribution is -0.153. The standard InChI is InChI=1S/C26H38N2O4/c1-17(25(31)28-13-15-32-16-14-28)20-9-11-26(3)12-10-21(18(2)22(26)23(20)29)27-24(30)19-7-5-4-6-8-19/h4-8,17-18,20-23,29H,9-16H2,1-3H3,(H,27,30)/t17-,18+,20+,21-,22+,23-,26-/m0/s1. The number of carbonyl (C=O) groups is 2. The number of aliphatic hydroxyl groups excluding tert-OH is 1. The maximum absolute atomic E-state index is 13.1. The third-order valence-electron chi connectivity index (χ3n) is 8.59. The van der Waals surface area contributed by atoms with Crippen LogP contribution in [0.25, 0.3) is 0 Å². The van der Waals surface area contributed by atoms with Crippen molar-refractivity contribution in [2.45, 2.75) is 58.6 Å². The molecular formula is C26H38N2O4. The average molecular weight is 443 g/mol. The van der Waals surface area contributed by atoms with E-state index in [0.29, 0.717) is 31.9 Å². The van der Waals surface area contributed by atoms with Gasteiger partial charge in [-0.3, -0.25) is 9.59 Å². The Morgan fingerprint density at radius 1 is 1.16 bits per heavy atom. The fraction of sp³-hybridized carbons (Fsp3) is 0.692. The molecule has 0 spiro atoms. The minimum atomic E-state index is -0.542. The lowest BCUT2D eigenvalue weighted by Gasteiger charge is -2.56. The molecule has 2 saturated carbocycles. The highest BCUT2D eigenvalue weighted by Gasteiger charge is 2.54. The number of ether oxygens (including phenoxy) is 1. The normalized spacial score (nSPS) is 36.1. The molecule has 0 unspecified atom stereocenters. The summed E-state index contributed by atoms with van der Waals surface area (Å²) in [5.41, 5.74) is 0.713.